The lowest BCUT2D eigenvalue weighted by Gasteiger charge is -2.21. The van der Waals surface area contributed by atoms with Crippen LogP contribution in [0.4, 0.5) is 4.39 Å². The highest BCUT2D eigenvalue weighted by Gasteiger charge is 2.21. The maximum atomic E-state index is 13.5. The third-order valence-electron chi connectivity index (χ3n) is 3.82. The topological polar surface area (TPSA) is 40.5 Å². The Bertz CT molecular complexity index is 574. The summed E-state index contributed by atoms with van der Waals surface area (Å²) in [6.07, 6.45) is 3.06. The molecule has 0 radical (unpaired) electrons. The first-order valence-corrected chi connectivity index (χ1v) is 7.30. The Morgan fingerprint density at radius 3 is 3.00 bits per heavy atom. The van der Waals surface area contributed by atoms with Gasteiger partial charge in [0.25, 0.3) is 5.91 Å². The lowest BCUT2D eigenvalue weighted by atomic mass is 10.0. The van der Waals surface area contributed by atoms with Crippen LogP contribution < -0.4 is 0 Å². The van der Waals surface area contributed by atoms with Crippen molar-refractivity contribution in [3.63, 3.8) is 0 Å². The molecule has 0 bridgehead atoms. The molecule has 2 rings (SSSR count). The van der Waals surface area contributed by atoms with E-state index in [9.17, 15) is 9.18 Å². The van der Waals surface area contributed by atoms with Crippen LogP contribution in [0.25, 0.3) is 0 Å². The molecular weight excluding hydrogens is 269 g/mol. The molecule has 1 aliphatic rings. The van der Waals surface area contributed by atoms with E-state index in [1.807, 2.05) is 0 Å². The van der Waals surface area contributed by atoms with Crippen molar-refractivity contribution in [1.29, 1.82) is 0 Å². The lowest BCUT2D eigenvalue weighted by molar-refractivity contribution is 0.0759. The molecule has 1 aromatic rings. The number of carbonyl (C=O) groups is 1. The smallest absolute Gasteiger partial charge is 0.255 e. The van der Waals surface area contributed by atoms with Gasteiger partial charge < -0.3 is 10.0 Å². The average Bonchev–Trinajstić information content (AvgIpc) is 2.70. The number of aliphatic hydroxyl groups is 1. The number of carbonyl (C=O) groups excluding carboxylic acids is 1. The number of hydrogen-bond donors (Lipinski definition) is 1. The Balaban J connectivity index is 2.27. The minimum atomic E-state index is -0.448. The first-order chi connectivity index (χ1) is 10.1. The molecule has 1 aliphatic heterocycles. The van der Waals surface area contributed by atoms with E-state index in [2.05, 4.69) is 18.8 Å². The van der Waals surface area contributed by atoms with Crippen molar-refractivity contribution in [3.05, 3.63) is 35.1 Å². The molecule has 1 atom stereocenters. The molecule has 1 aromatic carbocycles. The number of hydrogen-bond acceptors (Lipinski definition) is 2. The molecular formula is C17H20FNO2. The summed E-state index contributed by atoms with van der Waals surface area (Å²) < 4.78 is 13.5. The Morgan fingerprint density at radius 2 is 2.24 bits per heavy atom. The zero-order valence-corrected chi connectivity index (χ0v) is 12.2. The number of benzene rings is 1. The predicted octanol–water partition coefficient (Wildman–Crippen LogP) is 2.43. The van der Waals surface area contributed by atoms with Gasteiger partial charge in [0, 0.05) is 18.7 Å². The van der Waals surface area contributed by atoms with Gasteiger partial charge in [-0.3, -0.25) is 4.79 Å². The third-order valence-corrected chi connectivity index (χ3v) is 3.82. The summed E-state index contributed by atoms with van der Waals surface area (Å²) in [5.41, 5.74) is 0.748. The van der Waals surface area contributed by atoms with Crippen molar-refractivity contribution in [1.82, 2.24) is 4.90 Å². The maximum absolute atomic E-state index is 13.5. The van der Waals surface area contributed by atoms with Gasteiger partial charge in [-0.05, 0) is 43.4 Å². The summed E-state index contributed by atoms with van der Waals surface area (Å²) in [7, 11) is 0. The predicted molar refractivity (Wildman–Crippen MR) is 79.3 cm³/mol. The summed E-state index contributed by atoms with van der Waals surface area (Å²) in [5.74, 6) is 5.23. The van der Waals surface area contributed by atoms with Gasteiger partial charge in [-0.15, -0.1) is 0 Å². The molecule has 112 valence electrons. The van der Waals surface area contributed by atoms with Crippen LogP contribution in [0.5, 0.6) is 0 Å². The van der Waals surface area contributed by atoms with Crippen LogP contribution in [0, 0.1) is 23.6 Å². The summed E-state index contributed by atoms with van der Waals surface area (Å²) in [6, 6.07) is 4.01. The molecule has 0 spiro atoms. The van der Waals surface area contributed by atoms with Crippen molar-refractivity contribution in [2.24, 2.45) is 5.92 Å². The normalized spacial score (nSPS) is 18.6. The fraction of sp³-hybridized carbons (Fsp3) is 0.471. The standard InChI is InChI=1S/C17H20FNO2/c1-13-4-2-9-19(10-8-13)17(21)16-12-15(18)7-6-14(16)5-3-11-20/h6-7,12-13,20H,2,4,8-11H2,1H3. The Labute approximate surface area is 124 Å². The minimum Gasteiger partial charge on any atom is -0.384 e. The Kier molecular flexibility index (Phi) is 5.35. The second kappa shape index (κ2) is 7.24. The highest BCUT2D eigenvalue weighted by atomic mass is 19.1. The van der Waals surface area contributed by atoms with Gasteiger partial charge in [-0.25, -0.2) is 4.39 Å². The van der Waals surface area contributed by atoms with Gasteiger partial charge in [0.1, 0.15) is 12.4 Å². The number of aliphatic hydroxyl groups excluding tert-OH is 1. The zero-order valence-electron chi connectivity index (χ0n) is 12.2. The van der Waals surface area contributed by atoms with Crippen LogP contribution >= 0.6 is 0 Å². The van der Waals surface area contributed by atoms with E-state index in [1.54, 1.807) is 4.90 Å². The number of amides is 1. The van der Waals surface area contributed by atoms with Crippen molar-refractivity contribution in [2.75, 3.05) is 19.7 Å². The fourth-order valence-corrected chi connectivity index (χ4v) is 2.57. The van der Waals surface area contributed by atoms with Crippen LogP contribution in [-0.2, 0) is 0 Å². The van der Waals surface area contributed by atoms with Crippen molar-refractivity contribution >= 4 is 5.91 Å². The third kappa shape index (κ3) is 4.05. The molecule has 0 aliphatic carbocycles. The number of rotatable bonds is 1. The fourth-order valence-electron chi connectivity index (χ4n) is 2.57. The molecule has 1 heterocycles. The first-order valence-electron chi connectivity index (χ1n) is 7.30. The van der Waals surface area contributed by atoms with Crippen LogP contribution in [-0.4, -0.2) is 35.6 Å². The van der Waals surface area contributed by atoms with Gasteiger partial charge in [-0.2, -0.15) is 0 Å². The molecule has 1 unspecified atom stereocenters. The van der Waals surface area contributed by atoms with Crippen molar-refractivity contribution < 1.29 is 14.3 Å². The van der Waals surface area contributed by atoms with Crippen molar-refractivity contribution in [2.45, 2.75) is 26.2 Å². The molecule has 4 heteroatoms. The number of halogens is 1. The summed E-state index contributed by atoms with van der Waals surface area (Å²) >= 11 is 0. The van der Waals surface area contributed by atoms with Crippen LogP contribution in [0.15, 0.2) is 18.2 Å². The Hall–Kier alpha value is -1.86. The molecule has 0 aromatic heterocycles. The van der Waals surface area contributed by atoms with Gasteiger partial charge in [-0.1, -0.05) is 18.8 Å². The molecule has 1 amide bonds. The first kappa shape index (κ1) is 15.5. The van der Waals surface area contributed by atoms with E-state index in [1.165, 1.54) is 18.2 Å². The van der Waals surface area contributed by atoms with E-state index in [4.69, 9.17) is 5.11 Å². The summed E-state index contributed by atoms with van der Waals surface area (Å²) in [4.78, 5) is 14.4. The monoisotopic (exact) mass is 289 g/mol. The summed E-state index contributed by atoms with van der Waals surface area (Å²) in [6.45, 7) is 3.30. The van der Waals surface area contributed by atoms with E-state index in [0.29, 0.717) is 24.6 Å². The molecule has 3 nitrogen and oxygen atoms in total. The Morgan fingerprint density at radius 1 is 1.43 bits per heavy atom. The van der Waals surface area contributed by atoms with Crippen LogP contribution in [0.1, 0.15) is 42.1 Å². The molecule has 1 N–H and O–H groups in total. The highest BCUT2D eigenvalue weighted by Crippen LogP contribution is 2.20. The van der Waals surface area contributed by atoms with E-state index >= 15 is 0 Å². The molecule has 0 saturated carbocycles. The molecule has 21 heavy (non-hydrogen) atoms. The second-order valence-corrected chi connectivity index (χ2v) is 5.48. The van der Waals surface area contributed by atoms with Gasteiger partial charge >= 0.3 is 0 Å². The second-order valence-electron chi connectivity index (χ2n) is 5.48. The summed E-state index contributed by atoms with van der Waals surface area (Å²) in [5, 5.41) is 8.78. The van der Waals surface area contributed by atoms with Crippen LogP contribution in [0.3, 0.4) is 0 Å². The van der Waals surface area contributed by atoms with E-state index < -0.39 is 5.82 Å². The minimum absolute atomic E-state index is 0.175. The molecule has 1 saturated heterocycles. The number of likely N-dealkylation sites (tertiary alicyclic amines) is 1. The quantitative estimate of drug-likeness (QED) is 0.807. The largest absolute Gasteiger partial charge is 0.384 e. The van der Waals surface area contributed by atoms with Gasteiger partial charge in [0.05, 0.1) is 5.56 Å². The SMILES string of the molecule is CC1CCCN(C(=O)c2cc(F)ccc2C#CCO)CC1. The van der Waals surface area contributed by atoms with E-state index in [0.717, 1.165) is 19.3 Å². The van der Waals surface area contributed by atoms with Crippen molar-refractivity contribution in [3.8, 4) is 11.8 Å². The lowest BCUT2D eigenvalue weighted by Crippen LogP contribution is -2.32. The highest BCUT2D eigenvalue weighted by molar-refractivity contribution is 5.96. The maximum Gasteiger partial charge on any atom is 0.255 e. The van der Waals surface area contributed by atoms with Gasteiger partial charge in [0.15, 0.2) is 0 Å². The zero-order chi connectivity index (χ0) is 15.2. The van der Waals surface area contributed by atoms with Crippen LogP contribution in [0.2, 0.25) is 0 Å². The average molecular weight is 289 g/mol. The molecule has 1 fully saturated rings. The van der Waals surface area contributed by atoms with Gasteiger partial charge in [0.2, 0.25) is 0 Å². The number of nitrogens with zero attached hydrogens (tertiary/aromatic N) is 1. The van der Waals surface area contributed by atoms with E-state index in [-0.39, 0.29) is 18.1 Å².